The highest BCUT2D eigenvalue weighted by Crippen LogP contribution is 2.20. The number of aromatic nitrogens is 1. The normalized spacial score (nSPS) is 20.6. The van der Waals surface area contributed by atoms with Crippen LogP contribution in [0.4, 0.5) is 5.69 Å². The van der Waals surface area contributed by atoms with Gasteiger partial charge in [0.05, 0.1) is 6.54 Å². The Bertz CT molecular complexity index is 385. The number of thioether (sulfide) groups is 1. The summed E-state index contributed by atoms with van der Waals surface area (Å²) in [5.74, 6) is 1.18. The zero-order valence-corrected chi connectivity index (χ0v) is 11.4. The van der Waals surface area contributed by atoms with Crippen LogP contribution in [0.5, 0.6) is 0 Å². The highest BCUT2D eigenvalue weighted by Gasteiger charge is 2.20. The Morgan fingerprint density at radius 2 is 2.33 bits per heavy atom. The molecule has 0 aliphatic carbocycles. The first-order valence-corrected chi connectivity index (χ1v) is 7.36. The zero-order valence-electron chi connectivity index (χ0n) is 10.6. The molecule has 2 heterocycles. The van der Waals surface area contributed by atoms with Crippen molar-refractivity contribution >= 4 is 23.4 Å². The summed E-state index contributed by atoms with van der Waals surface area (Å²) in [6, 6.07) is 3.61. The Balaban J connectivity index is 1.80. The van der Waals surface area contributed by atoms with Crippen LogP contribution in [0.3, 0.4) is 0 Å². The van der Waals surface area contributed by atoms with E-state index in [-0.39, 0.29) is 5.91 Å². The van der Waals surface area contributed by atoms with Crippen LogP contribution in [0.1, 0.15) is 13.3 Å². The first kappa shape index (κ1) is 13.4. The van der Waals surface area contributed by atoms with Gasteiger partial charge in [-0.2, -0.15) is 11.8 Å². The minimum Gasteiger partial charge on any atom is -0.325 e. The molecular weight excluding hydrogens is 246 g/mol. The van der Waals surface area contributed by atoms with Gasteiger partial charge in [0.1, 0.15) is 0 Å². The van der Waals surface area contributed by atoms with Gasteiger partial charge >= 0.3 is 0 Å². The smallest absolute Gasteiger partial charge is 0.238 e. The fourth-order valence-electron chi connectivity index (χ4n) is 2.01. The lowest BCUT2D eigenvalue weighted by molar-refractivity contribution is -0.117. The van der Waals surface area contributed by atoms with E-state index in [1.54, 1.807) is 24.5 Å². The molecule has 0 spiro atoms. The van der Waals surface area contributed by atoms with E-state index in [0.29, 0.717) is 11.8 Å². The lowest BCUT2D eigenvalue weighted by Gasteiger charge is -2.31. The van der Waals surface area contributed by atoms with Gasteiger partial charge in [-0.1, -0.05) is 6.92 Å². The van der Waals surface area contributed by atoms with Crippen LogP contribution in [0.2, 0.25) is 0 Å². The number of anilines is 1. The molecule has 5 heteroatoms. The lowest BCUT2D eigenvalue weighted by Crippen LogP contribution is -2.42. The Kier molecular flexibility index (Phi) is 5.01. The zero-order chi connectivity index (χ0) is 12.8. The van der Waals surface area contributed by atoms with E-state index in [0.717, 1.165) is 24.5 Å². The number of rotatable bonds is 4. The van der Waals surface area contributed by atoms with Crippen LogP contribution in [0.15, 0.2) is 24.5 Å². The Morgan fingerprint density at radius 3 is 3.06 bits per heavy atom. The van der Waals surface area contributed by atoms with E-state index in [4.69, 9.17) is 0 Å². The number of amides is 1. The summed E-state index contributed by atoms with van der Waals surface area (Å²) >= 11 is 2.02. The minimum atomic E-state index is 0.0583. The first-order valence-electron chi connectivity index (χ1n) is 6.31. The third-order valence-electron chi connectivity index (χ3n) is 3.01. The maximum absolute atomic E-state index is 11.9. The van der Waals surface area contributed by atoms with Gasteiger partial charge in [0.15, 0.2) is 0 Å². The molecule has 2 rings (SSSR count). The second-order valence-electron chi connectivity index (χ2n) is 4.42. The van der Waals surface area contributed by atoms with Crippen LogP contribution in [-0.2, 0) is 4.79 Å². The average molecular weight is 265 g/mol. The van der Waals surface area contributed by atoms with Crippen LogP contribution >= 0.6 is 11.8 Å². The molecule has 1 aliphatic heterocycles. The van der Waals surface area contributed by atoms with Crippen molar-refractivity contribution in [2.45, 2.75) is 18.6 Å². The van der Waals surface area contributed by atoms with Gasteiger partial charge in [0.2, 0.25) is 5.91 Å². The average Bonchev–Trinajstić information content (AvgIpc) is 2.40. The van der Waals surface area contributed by atoms with Crippen molar-refractivity contribution in [3.8, 4) is 0 Å². The number of hydrogen-bond donors (Lipinski definition) is 1. The van der Waals surface area contributed by atoms with Gasteiger partial charge in [0, 0.05) is 42.2 Å². The van der Waals surface area contributed by atoms with Crippen LogP contribution in [0, 0.1) is 0 Å². The predicted molar refractivity (Wildman–Crippen MR) is 75.8 cm³/mol. The van der Waals surface area contributed by atoms with E-state index in [9.17, 15) is 4.79 Å². The molecule has 4 nitrogen and oxygen atoms in total. The van der Waals surface area contributed by atoms with Gasteiger partial charge in [-0.05, 0) is 18.6 Å². The molecule has 0 bridgehead atoms. The number of carbonyl (C=O) groups excluding carboxylic acids is 1. The van der Waals surface area contributed by atoms with E-state index < -0.39 is 0 Å². The highest BCUT2D eigenvalue weighted by molar-refractivity contribution is 8.00. The molecule has 1 aliphatic rings. The summed E-state index contributed by atoms with van der Waals surface area (Å²) in [6.45, 7) is 4.72. The third kappa shape index (κ3) is 3.99. The molecule has 1 amide bonds. The van der Waals surface area contributed by atoms with Crippen molar-refractivity contribution in [2.75, 3.05) is 30.7 Å². The Labute approximate surface area is 112 Å². The van der Waals surface area contributed by atoms with Crippen molar-refractivity contribution in [3.63, 3.8) is 0 Å². The highest BCUT2D eigenvalue weighted by atomic mass is 32.2. The fraction of sp³-hybridized carbons (Fsp3) is 0.538. The quantitative estimate of drug-likeness (QED) is 0.902. The van der Waals surface area contributed by atoms with Crippen molar-refractivity contribution in [3.05, 3.63) is 24.5 Å². The van der Waals surface area contributed by atoms with E-state index >= 15 is 0 Å². The van der Waals surface area contributed by atoms with Crippen molar-refractivity contribution < 1.29 is 4.79 Å². The van der Waals surface area contributed by atoms with E-state index in [2.05, 4.69) is 22.1 Å². The van der Waals surface area contributed by atoms with Crippen molar-refractivity contribution in [1.29, 1.82) is 0 Å². The van der Waals surface area contributed by atoms with Crippen molar-refractivity contribution in [2.24, 2.45) is 0 Å². The fourth-order valence-corrected chi connectivity index (χ4v) is 3.26. The van der Waals surface area contributed by atoms with Crippen LogP contribution < -0.4 is 5.32 Å². The van der Waals surface area contributed by atoms with Gasteiger partial charge < -0.3 is 5.32 Å². The topological polar surface area (TPSA) is 45.2 Å². The number of pyridine rings is 1. The molecule has 0 unspecified atom stereocenters. The molecule has 1 aromatic heterocycles. The number of nitrogens with zero attached hydrogens (tertiary/aromatic N) is 2. The SMILES string of the molecule is CC[C@@H]1CN(CC(=O)Nc2ccncc2)CCS1. The Morgan fingerprint density at radius 1 is 1.56 bits per heavy atom. The summed E-state index contributed by atoms with van der Waals surface area (Å²) in [5.41, 5.74) is 0.813. The molecule has 1 aromatic rings. The van der Waals surface area contributed by atoms with Gasteiger partial charge in [-0.15, -0.1) is 0 Å². The van der Waals surface area contributed by atoms with Crippen molar-refractivity contribution in [1.82, 2.24) is 9.88 Å². The monoisotopic (exact) mass is 265 g/mol. The summed E-state index contributed by atoms with van der Waals surface area (Å²) in [5, 5.41) is 3.57. The van der Waals surface area contributed by atoms with Crippen LogP contribution in [-0.4, -0.2) is 46.4 Å². The molecule has 1 N–H and O–H groups in total. The molecular formula is C13H19N3OS. The second kappa shape index (κ2) is 6.75. The Hall–Kier alpha value is -1.07. The largest absolute Gasteiger partial charge is 0.325 e. The molecule has 1 fully saturated rings. The predicted octanol–water partition coefficient (Wildman–Crippen LogP) is 1.85. The minimum absolute atomic E-state index is 0.0583. The second-order valence-corrected chi connectivity index (χ2v) is 5.83. The first-order chi connectivity index (χ1) is 8.78. The molecule has 98 valence electrons. The molecule has 0 aromatic carbocycles. The maximum atomic E-state index is 11.9. The number of hydrogen-bond acceptors (Lipinski definition) is 4. The van der Waals surface area contributed by atoms with E-state index in [1.165, 1.54) is 6.42 Å². The molecule has 1 saturated heterocycles. The van der Waals surface area contributed by atoms with Crippen LogP contribution in [0.25, 0.3) is 0 Å². The summed E-state index contributed by atoms with van der Waals surface area (Å²) in [4.78, 5) is 18.1. The summed E-state index contributed by atoms with van der Waals surface area (Å²) in [7, 11) is 0. The lowest BCUT2D eigenvalue weighted by atomic mass is 10.3. The number of nitrogens with one attached hydrogen (secondary N) is 1. The summed E-state index contributed by atoms with van der Waals surface area (Å²) < 4.78 is 0. The maximum Gasteiger partial charge on any atom is 0.238 e. The molecule has 0 saturated carbocycles. The van der Waals surface area contributed by atoms with Gasteiger partial charge in [-0.3, -0.25) is 14.7 Å². The third-order valence-corrected chi connectivity index (χ3v) is 4.38. The van der Waals surface area contributed by atoms with Gasteiger partial charge in [0.25, 0.3) is 0 Å². The molecule has 0 radical (unpaired) electrons. The summed E-state index contributed by atoms with van der Waals surface area (Å²) in [6.07, 6.45) is 4.54. The van der Waals surface area contributed by atoms with Gasteiger partial charge in [-0.25, -0.2) is 0 Å². The van der Waals surface area contributed by atoms with E-state index in [1.807, 2.05) is 11.8 Å². The molecule has 18 heavy (non-hydrogen) atoms. The standard InChI is InChI=1S/C13H19N3OS/c1-2-12-9-16(7-8-18-12)10-13(17)15-11-3-5-14-6-4-11/h3-6,12H,2,7-10H2,1H3,(H,14,15,17)/t12-/m1/s1. The molecule has 1 atom stereocenters. The number of carbonyl (C=O) groups is 1.